The normalized spacial score (nSPS) is 11.6. The van der Waals surface area contributed by atoms with Crippen molar-refractivity contribution in [1.29, 1.82) is 0 Å². The van der Waals surface area contributed by atoms with E-state index in [0.29, 0.717) is 17.1 Å². The fourth-order valence-corrected chi connectivity index (χ4v) is 2.37. The van der Waals surface area contributed by atoms with Gasteiger partial charge in [0, 0.05) is 17.5 Å². The summed E-state index contributed by atoms with van der Waals surface area (Å²) < 4.78 is 42.8. The second kappa shape index (κ2) is 5.08. The number of halogens is 3. The molecule has 1 aromatic heterocycles. The summed E-state index contributed by atoms with van der Waals surface area (Å²) in [5.74, 6) is 0.210. The van der Waals surface area contributed by atoms with E-state index in [9.17, 15) is 13.2 Å². The van der Waals surface area contributed by atoms with E-state index in [0.717, 1.165) is 17.0 Å². The molecule has 1 heterocycles. The minimum atomic E-state index is -4.37. The van der Waals surface area contributed by atoms with Crippen LogP contribution in [0.5, 0.6) is 5.75 Å². The maximum Gasteiger partial charge on any atom is 0.416 e. The average Bonchev–Trinajstić information content (AvgIpc) is 2.74. The van der Waals surface area contributed by atoms with Gasteiger partial charge >= 0.3 is 6.18 Å². The van der Waals surface area contributed by atoms with Crippen molar-refractivity contribution in [2.24, 2.45) is 0 Å². The molecule has 3 nitrogen and oxygen atoms in total. The number of alkyl halides is 3. The van der Waals surface area contributed by atoms with Gasteiger partial charge in [-0.25, -0.2) is 4.98 Å². The Kier molecular flexibility index (Phi) is 3.66. The van der Waals surface area contributed by atoms with Crippen molar-refractivity contribution in [3.05, 3.63) is 40.4 Å². The summed E-state index contributed by atoms with van der Waals surface area (Å²) in [7, 11) is 1.35. The Morgan fingerprint density at radius 2 is 2.11 bits per heavy atom. The molecule has 0 saturated carbocycles. The summed E-state index contributed by atoms with van der Waals surface area (Å²) in [6.45, 7) is 0. The van der Waals surface area contributed by atoms with E-state index < -0.39 is 11.7 Å². The molecule has 0 amide bonds. The number of ether oxygens (including phenoxy) is 1. The number of nitrogens with two attached hydrogens (primary N) is 1. The third-order valence-corrected chi connectivity index (χ3v) is 3.38. The molecular weight excluding hydrogens is 277 g/mol. The van der Waals surface area contributed by atoms with Gasteiger partial charge in [0.2, 0.25) is 0 Å². The van der Waals surface area contributed by atoms with Crippen LogP contribution in [0.1, 0.15) is 16.0 Å². The molecule has 0 spiro atoms. The average molecular weight is 288 g/mol. The molecule has 2 aromatic rings. The van der Waals surface area contributed by atoms with Crippen molar-refractivity contribution in [2.45, 2.75) is 12.6 Å². The van der Waals surface area contributed by atoms with Crippen molar-refractivity contribution in [2.75, 3.05) is 12.8 Å². The molecule has 0 saturated heterocycles. The summed E-state index contributed by atoms with van der Waals surface area (Å²) in [5, 5.41) is 0.431. The zero-order valence-electron chi connectivity index (χ0n) is 9.99. The Hall–Kier alpha value is -1.76. The van der Waals surface area contributed by atoms with Gasteiger partial charge in [-0.05, 0) is 17.7 Å². The summed E-state index contributed by atoms with van der Waals surface area (Å²) in [5.41, 5.74) is 5.45. The minimum Gasteiger partial charge on any atom is -0.496 e. The molecule has 0 unspecified atom stereocenters. The minimum absolute atomic E-state index is 0.210. The van der Waals surface area contributed by atoms with Crippen LogP contribution in [0.2, 0.25) is 0 Å². The first kappa shape index (κ1) is 13.7. The highest BCUT2D eigenvalue weighted by Gasteiger charge is 2.31. The number of benzene rings is 1. The first-order valence-corrected chi connectivity index (χ1v) is 6.16. The maximum absolute atomic E-state index is 12.6. The molecule has 19 heavy (non-hydrogen) atoms. The van der Waals surface area contributed by atoms with Gasteiger partial charge in [-0.2, -0.15) is 13.2 Å². The molecule has 102 valence electrons. The molecule has 7 heteroatoms. The highest BCUT2D eigenvalue weighted by atomic mass is 32.1. The van der Waals surface area contributed by atoms with Gasteiger partial charge in [0.15, 0.2) is 5.13 Å². The number of rotatable bonds is 3. The topological polar surface area (TPSA) is 48.1 Å². The van der Waals surface area contributed by atoms with E-state index in [2.05, 4.69) is 4.98 Å². The molecule has 0 aliphatic heterocycles. The molecule has 0 aliphatic carbocycles. The lowest BCUT2D eigenvalue weighted by Gasteiger charge is -2.12. The molecule has 2 N–H and O–H groups in total. The second-order valence-electron chi connectivity index (χ2n) is 3.87. The Morgan fingerprint density at radius 3 is 2.63 bits per heavy atom. The summed E-state index contributed by atoms with van der Waals surface area (Å²) in [6, 6.07) is 3.46. The number of thiazole rings is 1. The number of anilines is 1. The second-order valence-corrected chi connectivity index (χ2v) is 5.01. The number of hydrogen-bond donors (Lipinski definition) is 1. The van der Waals surface area contributed by atoms with Crippen LogP contribution in [0.25, 0.3) is 0 Å². The summed E-state index contributed by atoms with van der Waals surface area (Å²) in [6.07, 6.45) is -2.33. The van der Waals surface area contributed by atoms with E-state index in [1.54, 1.807) is 6.20 Å². The lowest BCUT2D eigenvalue weighted by molar-refractivity contribution is -0.137. The Balaban J connectivity index is 2.31. The van der Waals surface area contributed by atoms with Gasteiger partial charge in [0.1, 0.15) is 5.75 Å². The van der Waals surface area contributed by atoms with Crippen LogP contribution < -0.4 is 10.5 Å². The predicted octanol–water partition coefficient (Wildman–Crippen LogP) is 3.34. The number of hydrogen-bond acceptors (Lipinski definition) is 4. The van der Waals surface area contributed by atoms with Crippen LogP contribution >= 0.6 is 11.3 Å². The summed E-state index contributed by atoms with van der Waals surface area (Å²) in [4.78, 5) is 4.77. The molecule has 0 atom stereocenters. The molecule has 0 fully saturated rings. The Labute approximate surface area is 111 Å². The first-order valence-electron chi connectivity index (χ1n) is 5.34. The van der Waals surface area contributed by atoms with Crippen molar-refractivity contribution >= 4 is 16.5 Å². The Bertz CT molecular complexity index is 581. The van der Waals surface area contributed by atoms with E-state index in [1.165, 1.54) is 24.5 Å². The fourth-order valence-electron chi connectivity index (χ4n) is 1.66. The highest BCUT2D eigenvalue weighted by molar-refractivity contribution is 7.15. The lowest BCUT2D eigenvalue weighted by Crippen LogP contribution is -2.06. The molecule has 0 radical (unpaired) electrons. The molecule has 0 bridgehead atoms. The van der Waals surface area contributed by atoms with Gasteiger partial charge in [-0.3, -0.25) is 0 Å². The largest absolute Gasteiger partial charge is 0.496 e. The Morgan fingerprint density at radius 1 is 1.37 bits per heavy atom. The van der Waals surface area contributed by atoms with Crippen LogP contribution in [0.4, 0.5) is 18.3 Å². The standard InChI is InChI=1S/C12H11F3N2OS/c1-18-10-5-8(12(13,14)15)3-2-7(10)4-9-6-17-11(16)19-9/h2-3,5-6H,4H2,1H3,(H2,16,17). The number of aromatic nitrogens is 1. The quantitative estimate of drug-likeness (QED) is 0.942. The van der Waals surface area contributed by atoms with Gasteiger partial charge in [0.25, 0.3) is 0 Å². The predicted molar refractivity (Wildman–Crippen MR) is 67.3 cm³/mol. The van der Waals surface area contributed by atoms with Crippen LogP contribution in [0.15, 0.2) is 24.4 Å². The van der Waals surface area contributed by atoms with Crippen LogP contribution in [0, 0.1) is 0 Å². The smallest absolute Gasteiger partial charge is 0.416 e. The molecular formula is C12H11F3N2OS. The third kappa shape index (κ3) is 3.17. The third-order valence-electron chi connectivity index (χ3n) is 2.55. The number of nitrogen functional groups attached to an aromatic ring is 1. The lowest BCUT2D eigenvalue weighted by atomic mass is 10.1. The van der Waals surface area contributed by atoms with E-state index in [4.69, 9.17) is 10.5 Å². The van der Waals surface area contributed by atoms with E-state index in [-0.39, 0.29) is 5.75 Å². The van der Waals surface area contributed by atoms with Crippen LogP contribution in [-0.4, -0.2) is 12.1 Å². The van der Waals surface area contributed by atoms with Gasteiger partial charge < -0.3 is 10.5 Å². The zero-order valence-corrected chi connectivity index (χ0v) is 10.8. The zero-order chi connectivity index (χ0) is 14.0. The van der Waals surface area contributed by atoms with Crippen LogP contribution in [-0.2, 0) is 12.6 Å². The van der Waals surface area contributed by atoms with E-state index in [1.807, 2.05) is 0 Å². The fraction of sp³-hybridized carbons (Fsp3) is 0.250. The molecule has 1 aromatic carbocycles. The van der Waals surface area contributed by atoms with Crippen molar-refractivity contribution < 1.29 is 17.9 Å². The summed E-state index contributed by atoms with van der Waals surface area (Å²) >= 11 is 1.30. The molecule has 0 aliphatic rings. The van der Waals surface area contributed by atoms with Crippen molar-refractivity contribution in [1.82, 2.24) is 4.98 Å². The van der Waals surface area contributed by atoms with Gasteiger partial charge in [-0.1, -0.05) is 6.07 Å². The van der Waals surface area contributed by atoms with Crippen molar-refractivity contribution in [3.63, 3.8) is 0 Å². The monoisotopic (exact) mass is 288 g/mol. The van der Waals surface area contributed by atoms with Crippen molar-refractivity contribution in [3.8, 4) is 5.75 Å². The molecule has 2 rings (SSSR count). The van der Waals surface area contributed by atoms with E-state index >= 15 is 0 Å². The maximum atomic E-state index is 12.6. The first-order chi connectivity index (χ1) is 8.90. The number of nitrogens with zero attached hydrogens (tertiary/aromatic N) is 1. The van der Waals surface area contributed by atoms with Gasteiger partial charge in [0.05, 0.1) is 12.7 Å². The van der Waals surface area contributed by atoms with Crippen LogP contribution in [0.3, 0.4) is 0 Å². The number of methoxy groups -OCH3 is 1. The SMILES string of the molecule is COc1cc(C(F)(F)F)ccc1Cc1cnc(N)s1. The van der Waals surface area contributed by atoms with Gasteiger partial charge in [-0.15, -0.1) is 11.3 Å². The highest BCUT2D eigenvalue weighted by Crippen LogP contribution is 2.34.